The summed E-state index contributed by atoms with van der Waals surface area (Å²) in [7, 11) is 0. The third-order valence-corrected chi connectivity index (χ3v) is 2.84. The summed E-state index contributed by atoms with van der Waals surface area (Å²) in [6.07, 6.45) is 4.65. The van der Waals surface area contributed by atoms with Crippen LogP contribution in [0.2, 0.25) is 0 Å². The summed E-state index contributed by atoms with van der Waals surface area (Å²) in [5.41, 5.74) is 15.3. The Balaban J connectivity index is 0.00000180. The van der Waals surface area contributed by atoms with Crippen LogP contribution in [0.25, 0.3) is 11.4 Å². The molecular weight excluding hydrogens is 321 g/mol. The maximum absolute atomic E-state index is 5.30. The summed E-state index contributed by atoms with van der Waals surface area (Å²) < 4.78 is 1.82. The summed E-state index contributed by atoms with van der Waals surface area (Å²) in [6.45, 7) is 3.00. The van der Waals surface area contributed by atoms with E-state index in [1.807, 2.05) is 16.3 Å². The first-order chi connectivity index (χ1) is 8.69. The molecule has 2 heterocycles. The van der Waals surface area contributed by atoms with Gasteiger partial charge in [-0.3, -0.25) is 4.68 Å². The molecule has 0 aliphatic heterocycles. The van der Waals surface area contributed by atoms with E-state index >= 15 is 0 Å². The van der Waals surface area contributed by atoms with Crippen molar-refractivity contribution in [3.05, 3.63) is 17.9 Å². The van der Waals surface area contributed by atoms with Crippen LogP contribution in [-0.2, 0) is 0 Å². The highest BCUT2D eigenvalue weighted by Gasteiger charge is 2.07. The van der Waals surface area contributed by atoms with Gasteiger partial charge in [-0.05, 0) is 6.42 Å². The zero-order valence-corrected chi connectivity index (χ0v) is 13.3. The fourth-order valence-corrected chi connectivity index (χ4v) is 2.03. The van der Waals surface area contributed by atoms with E-state index in [0.29, 0.717) is 5.13 Å². The molecule has 0 atom stereocenters. The Labute approximate surface area is 133 Å². The van der Waals surface area contributed by atoms with Crippen molar-refractivity contribution >= 4 is 47.2 Å². The molecule has 0 saturated heterocycles. The minimum atomic E-state index is 0. The van der Waals surface area contributed by atoms with Crippen LogP contribution in [0.1, 0.15) is 13.3 Å². The van der Waals surface area contributed by atoms with E-state index in [1.54, 1.807) is 6.33 Å². The van der Waals surface area contributed by atoms with Gasteiger partial charge in [-0.2, -0.15) is 4.99 Å². The minimum Gasteiger partial charge on any atom is -0.370 e. The average Bonchev–Trinajstić information content (AvgIpc) is 2.94. The molecule has 2 aromatic rings. The highest BCUT2D eigenvalue weighted by molar-refractivity contribution is 7.13. The van der Waals surface area contributed by atoms with Gasteiger partial charge in [0.25, 0.3) is 0 Å². The standard InChI is InChI=1S/C10H15N7S.2ClH/c1-2-3-14-17-4-7(13-6-17)8-5-18-10(15-8)16-9(11)12;;/h4-6,14H,2-3H2,1H3,(H4,11,12,15,16);2*1H. The second kappa shape index (κ2) is 8.62. The molecule has 0 aliphatic rings. The Morgan fingerprint density at radius 2 is 2.15 bits per heavy atom. The number of aromatic nitrogens is 3. The van der Waals surface area contributed by atoms with Gasteiger partial charge in [-0.25, -0.2) is 9.97 Å². The van der Waals surface area contributed by atoms with E-state index < -0.39 is 0 Å². The summed E-state index contributed by atoms with van der Waals surface area (Å²) in [5, 5.41) is 2.40. The van der Waals surface area contributed by atoms with Crippen LogP contribution < -0.4 is 16.9 Å². The van der Waals surface area contributed by atoms with Gasteiger partial charge < -0.3 is 16.9 Å². The SMILES string of the molecule is CCCNn1cnc(-c2csc(N=C(N)N)n2)c1.Cl.Cl. The molecule has 112 valence electrons. The summed E-state index contributed by atoms with van der Waals surface area (Å²) in [4.78, 5) is 12.4. The topological polar surface area (TPSA) is 107 Å². The van der Waals surface area contributed by atoms with Crippen LogP contribution in [0, 0.1) is 0 Å². The van der Waals surface area contributed by atoms with Crippen molar-refractivity contribution in [2.75, 3.05) is 12.0 Å². The van der Waals surface area contributed by atoms with Gasteiger partial charge in [0.15, 0.2) is 5.96 Å². The lowest BCUT2D eigenvalue weighted by Gasteiger charge is -2.02. The van der Waals surface area contributed by atoms with E-state index in [2.05, 4.69) is 27.3 Å². The fraction of sp³-hybridized carbons (Fsp3) is 0.300. The molecule has 0 radical (unpaired) electrons. The lowest BCUT2D eigenvalue weighted by atomic mass is 10.4. The van der Waals surface area contributed by atoms with Gasteiger partial charge in [0.05, 0.1) is 6.20 Å². The third kappa shape index (κ3) is 4.87. The number of thiazole rings is 1. The van der Waals surface area contributed by atoms with Gasteiger partial charge >= 0.3 is 0 Å². The Morgan fingerprint density at radius 1 is 1.40 bits per heavy atom. The first-order valence-corrected chi connectivity index (χ1v) is 6.40. The van der Waals surface area contributed by atoms with Crippen LogP contribution in [-0.4, -0.2) is 27.1 Å². The number of imidazole rings is 1. The molecule has 0 aromatic carbocycles. The highest BCUT2D eigenvalue weighted by atomic mass is 35.5. The number of guanidine groups is 1. The summed E-state index contributed by atoms with van der Waals surface area (Å²) in [5.74, 6) is 0.00559. The lowest BCUT2D eigenvalue weighted by Crippen LogP contribution is -2.21. The van der Waals surface area contributed by atoms with Crippen LogP contribution in [0.4, 0.5) is 5.13 Å². The largest absolute Gasteiger partial charge is 0.370 e. The molecule has 7 nitrogen and oxygen atoms in total. The van der Waals surface area contributed by atoms with Gasteiger partial charge in [0.2, 0.25) is 5.13 Å². The predicted molar refractivity (Wildman–Crippen MR) is 87.8 cm³/mol. The van der Waals surface area contributed by atoms with E-state index in [-0.39, 0.29) is 30.8 Å². The fourth-order valence-electron chi connectivity index (χ4n) is 1.33. The zero-order chi connectivity index (χ0) is 13.0. The molecule has 5 N–H and O–H groups in total. The number of nitrogens with one attached hydrogen (secondary N) is 1. The number of hydrogen-bond acceptors (Lipinski definition) is 5. The van der Waals surface area contributed by atoms with Crippen molar-refractivity contribution < 1.29 is 0 Å². The normalized spacial score (nSPS) is 9.25. The molecule has 2 aromatic heterocycles. The highest BCUT2D eigenvalue weighted by Crippen LogP contribution is 2.25. The lowest BCUT2D eigenvalue weighted by molar-refractivity contribution is 0.807. The Hall–Kier alpha value is -1.51. The molecule has 0 unspecified atom stereocenters. The molecule has 20 heavy (non-hydrogen) atoms. The number of rotatable bonds is 5. The Kier molecular flexibility index (Phi) is 7.97. The van der Waals surface area contributed by atoms with Crippen LogP contribution in [0.15, 0.2) is 22.9 Å². The number of aliphatic imine (C=N–C) groups is 1. The smallest absolute Gasteiger partial charge is 0.212 e. The van der Waals surface area contributed by atoms with E-state index in [9.17, 15) is 0 Å². The molecule has 10 heteroatoms. The van der Waals surface area contributed by atoms with E-state index in [1.165, 1.54) is 11.3 Å². The first kappa shape index (κ1) is 18.5. The van der Waals surface area contributed by atoms with E-state index in [0.717, 1.165) is 24.4 Å². The zero-order valence-electron chi connectivity index (χ0n) is 10.8. The molecule has 0 fully saturated rings. The van der Waals surface area contributed by atoms with Crippen molar-refractivity contribution in [1.82, 2.24) is 14.6 Å². The molecule has 2 rings (SSSR count). The van der Waals surface area contributed by atoms with Gasteiger partial charge in [0.1, 0.15) is 17.7 Å². The number of nitrogens with zero attached hydrogens (tertiary/aromatic N) is 4. The maximum Gasteiger partial charge on any atom is 0.212 e. The Bertz CT molecular complexity index is 547. The number of nitrogens with two attached hydrogens (primary N) is 2. The number of hydrogen-bond donors (Lipinski definition) is 3. The third-order valence-electron chi connectivity index (χ3n) is 2.11. The summed E-state index contributed by atoms with van der Waals surface area (Å²) >= 11 is 1.37. The van der Waals surface area contributed by atoms with Crippen LogP contribution >= 0.6 is 36.2 Å². The van der Waals surface area contributed by atoms with Crippen molar-refractivity contribution in [2.45, 2.75) is 13.3 Å². The quantitative estimate of drug-likeness (QED) is 0.568. The number of halogens is 2. The maximum atomic E-state index is 5.30. The van der Waals surface area contributed by atoms with Crippen LogP contribution in [0.3, 0.4) is 0 Å². The second-order valence-electron chi connectivity index (χ2n) is 3.63. The van der Waals surface area contributed by atoms with Gasteiger partial charge in [0, 0.05) is 11.9 Å². The van der Waals surface area contributed by atoms with Crippen molar-refractivity contribution in [2.24, 2.45) is 16.5 Å². The van der Waals surface area contributed by atoms with Gasteiger partial charge in [-0.1, -0.05) is 6.92 Å². The molecule has 0 bridgehead atoms. The second-order valence-corrected chi connectivity index (χ2v) is 4.46. The molecule has 0 amide bonds. The monoisotopic (exact) mass is 337 g/mol. The van der Waals surface area contributed by atoms with Crippen molar-refractivity contribution in [3.8, 4) is 11.4 Å². The minimum absolute atomic E-state index is 0. The predicted octanol–water partition coefficient (Wildman–Crippen LogP) is 1.71. The average molecular weight is 338 g/mol. The van der Waals surface area contributed by atoms with Crippen LogP contribution in [0.5, 0.6) is 0 Å². The molecule has 0 saturated carbocycles. The van der Waals surface area contributed by atoms with Crippen molar-refractivity contribution in [3.63, 3.8) is 0 Å². The Morgan fingerprint density at radius 3 is 2.80 bits per heavy atom. The first-order valence-electron chi connectivity index (χ1n) is 5.52. The molecule has 0 spiro atoms. The van der Waals surface area contributed by atoms with Gasteiger partial charge in [-0.15, -0.1) is 36.2 Å². The summed E-state index contributed by atoms with van der Waals surface area (Å²) in [6, 6.07) is 0. The molecular formula is C10H17Cl2N7S. The molecule has 0 aliphatic carbocycles. The van der Waals surface area contributed by atoms with Crippen molar-refractivity contribution in [1.29, 1.82) is 0 Å². The van der Waals surface area contributed by atoms with E-state index in [4.69, 9.17) is 11.5 Å².